The van der Waals surface area contributed by atoms with Crippen molar-refractivity contribution in [2.45, 2.75) is 45.8 Å². The monoisotopic (exact) mass is 581 g/mol. The minimum atomic E-state index is -1.70. The summed E-state index contributed by atoms with van der Waals surface area (Å²) in [4.78, 5) is 28.9. The Morgan fingerprint density at radius 3 is 2.51 bits per heavy atom. The van der Waals surface area contributed by atoms with Crippen LogP contribution in [-0.4, -0.2) is 46.8 Å². The first kappa shape index (κ1) is 29.3. The number of allylic oxidation sites excluding steroid dienone is 2. The number of benzene rings is 2. The molecule has 0 bridgehead atoms. The van der Waals surface area contributed by atoms with Crippen molar-refractivity contribution in [1.29, 1.82) is 0 Å². The third-order valence-electron chi connectivity index (χ3n) is 9.04. The van der Waals surface area contributed by atoms with Crippen LogP contribution in [0.15, 0.2) is 82.3 Å². The number of aliphatic hydroxyl groups is 1. The van der Waals surface area contributed by atoms with Gasteiger partial charge in [0.1, 0.15) is 18.1 Å². The zero-order valence-corrected chi connectivity index (χ0v) is 24.3. The van der Waals surface area contributed by atoms with E-state index in [0.29, 0.717) is 43.1 Å². The summed E-state index contributed by atoms with van der Waals surface area (Å²) in [6.45, 7) is 4.48. The minimum absolute atomic E-state index is 0.159. The molecule has 0 radical (unpaired) electrons. The lowest BCUT2D eigenvalue weighted by Gasteiger charge is -2.33. The van der Waals surface area contributed by atoms with Crippen LogP contribution in [0.2, 0.25) is 0 Å². The van der Waals surface area contributed by atoms with Crippen molar-refractivity contribution in [3.63, 3.8) is 0 Å². The van der Waals surface area contributed by atoms with Gasteiger partial charge in [-0.05, 0) is 77.7 Å². The molecule has 9 heteroatoms. The second-order valence-electron chi connectivity index (χ2n) is 11.9. The Balaban J connectivity index is 1.28. The number of imide groups is 1. The number of carbonyl (C=O) groups is 2. The van der Waals surface area contributed by atoms with Gasteiger partial charge in [-0.3, -0.25) is 14.5 Å². The maximum atomic E-state index is 13.9. The standard InChI is InChI=1S/C34H36BNO7/c1-20(2)27-17-28-32(34(39)36(33(28)38)24-10-6-9-23(16-24)35(40)41)29-19-42-30(31(27)29)14-11-22(21-7-4-3-5-8-21)15-25-12-13-26(18-37)43-25/h3-10,12-13,15-16,20,28-30,32,37,40-41H,11,14,17-19H2,1-2H3/b22-15-/t28-,29+,30-,32-/m1/s1. The van der Waals surface area contributed by atoms with E-state index in [0.717, 1.165) is 16.7 Å². The van der Waals surface area contributed by atoms with E-state index in [1.807, 2.05) is 30.3 Å². The fourth-order valence-electron chi connectivity index (χ4n) is 7.01. The first-order valence-corrected chi connectivity index (χ1v) is 14.9. The van der Waals surface area contributed by atoms with E-state index in [2.05, 4.69) is 26.0 Å². The van der Waals surface area contributed by atoms with E-state index in [4.69, 9.17) is 9.15 Å². The highest BCUT2D eigenvalue weighted by atomic mass is 16.5. The zero-order valence-electron chi connectivity index (χ0n) is 24.3. The lowest BCUT2D eigenvalue weighted by molar-refractivity contribution is -0.122. The first-order valence-electron chi connectivity index (χ1n) is 14.9. The highest BCUT2D eigenvalue weighted by Crippen LogP contribution is 2.52. The molecule has 1 aliphatic carbocycles. The Morgan fingerprint density at radius 2 is 1.81 bits per heavy atom. The van der Waals surface area contributed by atoms with Crippen LogP contribution in [0.1, 0.15) is 50.2 Å². The van der Waals surface area contributed by atoms with Crippen LogP contribution in [0, 0.1) is 23.7 Å². The summed E-state index contributed by atoms with van der Waals surface area (Å²) in [6.07, 6.45) is 3.74. The van der Waals surface area contributed by atoms with E-state index >= 15 is 0 Å². The number of amides is 2. The van der Waals surface area contributed by atoms with E-state index < -0.39 is 19.0 Å². The molecular formula is C34H36BNO7. The Bertz CT molecular complexity index is 1570. The molecule has 43 heavy (non-hydrogen) atoms. The normalized spacial score (nSPS) is 23.8. The van der Waals surface area contributed by atoms with Crippen molar-refractivity contribution in [1.82, 2.24) is 0 Å². The Labute approximate surface area is 251 Å². The largest absolute Gasteiger partial charge is 0.488 e. The highest BCUT2D eigenvalue weighted by Gasteiger charge is 2.57. The number of hydrogen-bond acceptors (Lipinski definition) is 7. The molecule has 4 atom stereocenters. The quantitative estimate of drug-likeness (QED) is 0.199. The molecule has 2 amide bonds. The van der Waals surface area contributed by atoms with Gasteiger partial charge in [-0.15, -0.1) is 0 Å². The van der Waals surface area contributed by atoms with Crippen LogP contribution in [-0.2, 0) is 20.9 Å². The average molecular weight is 581 g/mol. The maximum Gasteiger partial charge on any atom is 0.488 e. The number of ether oxygens (including phenoxy) is 1. The molecule has 2 fully saturated rings. The molecular weight excluding hydrogens is 545 g/mol. The fourth-order valence-corrected chi connectivity index (χ4v) is 7.01. The van der Waals surface area contributed by atoms with Crippen LogP contribution >= 0.6 is 0 Å². The maximum absolute atomic E-state index is 13.9. The molecule has 3 aromatic rings. The van der Waals surface area contributed by atoms with Crippen molar-refractivity contribution < 1.29 is 33.9 Å². The summed E-state index contributed by atoms with van der Waals surface area (Å²) in [7, 11) is -1.70. The van der Waals surface area contributed by atoms with Gasteiger partial charge in [0.25, 0.3) is 0 Å². The van der Waals surface area contributed by atoms with Gasteiger partial charge in [0, 0.05) is 5.92 Å². The van der Waals surface area contributed by atoms with E-state index in [9.17, 15) is 24.7 Å². The predicted molar refractivity (Wildman–Crippen MR) is 164 cm³/mol. The molecule has 6 rings (SSSR count). The van der Waals surface area contributed by atoms with Gasteiger partial charge in [0.05, 0.1) is 30.2 Å². The number of fused-ring (bicyclic) bond motifs is 3. The van der Waals surface area contributed by atoms with Crippen molar-refractivity contribution in [3.8, 4) is 0 Å². The van der Waals surface area contributed by atoms with Gasteiger partial charge in [0.15, 0.2) is 0 Å². The van der Waals surface area contributed by atoms with Crippen LogP contribution in [0.4, 0.5) is 5.69 Å². The molecule has 2 aliphatic heterocycles. The summed E-state index contributed by atoms with van der Waals surface area (Å²) in [5.41, 5.74) is 5.09. The van der Waals surface area contributed by atoms with Crippen molar-refractivity contribution in [2.75, 3.05) is 11.5 Å². The third kappa shape index (κ3) is 5.54. The highest BCUT2D eigenvalue weighted by molar-refractivity contribution is 6.58. The second-order valence-corrected chi connectivity index (χ2v) is 11.9. The van der Waals surface area contributed by atoms with Gasteiger partial charge in [-0.1, -0.05) is 61.9 Å². The summed E-state index contributed by atoms with van der Waals surface area (Å²) in [6, 6.07) is 20.0. The van der Waals surface area contributed by atoms with Gasteiger partial charge in [0.2, 0.25) is 11.8 Å². The molecule has 3 heterocycles. The van der Waals surface area contributed by atoms with Crippen LogP contribution in [0.3, 0.4) is 0 Å². The molecule has 3 N–H and O–H groups in total. The zero-order chi connectivity index (χ0) is 30.2. The number of anilines is 1. The van der Waals surface area contributed by atoms with E-state index in [-0.39, 0.29) is 41.8 Å². The lowest BCUT2D eigenvalue weighted by Crippen LogP contribution is -2.36. The molecule has 0 unspecified atom stereocenters. The molecule has 0 spiro atoms. The number of furan rings is 1. The van der Waals surface area contributed by atoms with Crippen LogP contribution in [0.25, 0.3) is 11.6 Å². The molecule has 222 valence electrons. The molecule has 1 aromatic heterocycles. The number of hydrogen-bond donors (Lipinski definition) is 3. The van der Waals surface area contributed by atoms with Crippen LogP contribution in [0.5, 0.6) is 0 Å². The summed E-state index contributed by atoms with van der Waals surface area (Å²) in [5, 5.41) is 28.8. The van der Waals surface area contributed by atoms with Gasteiger partial charge >= 0.3 is 7.12 Å². The minimum Gasteiger partial charge on any atom is -0.459 e. The Morgan fingerprint density at radius 1 is 1.02 bits per heavy atom. The summed E-state index contributed by atoms with van der Waals surface area (Å²) >= 11 is 0. The number of rotatable bonds is 9. The fraction of sp³-hybridized carbons (Fsp3) is 0.353. The molecule has 2 saturated heterocycles. The third-order valence-corrected chi connectivity index (χ3v) is 9.04. The van der Waals surface area contributed by atoms with Gasteiger partial charge in [-0.2, -0.15) is 0 Å². The average Bonchev–Trinajstić information content (AvgIpc) is 3.71. The Hall–Kier alpha value is -3.76. The van der Waals surface area contributed by atoms with Crippen molar-refractivity contribution in [3.05, 3.63) is 95.0 Å². The SMILES string of the molecule is CC(C)C1=C2[C@@H](CC/C(=C/c3ccc(CO)o3)c3ccccc3)OC[C@@H]2[C@@H]2C(=O)N(c3cccc(B(O)O)c3)C(=O)[C@@H]2C1. The second kappa shape index (κ2) is 12.1. The smallest absolute Gasteiger partial charge is 0.459 e. The van der Waals surface area contributed by atoms with Crippen molar-refractivity contribution in [2.24, 2.45) is 23.7 Å². The lowest BCUT2D eigenvalue weighted by atomic mass is 9.67. The molecule has 0 saturated carbocycles. The van der Waals surface area contributed by atoms with Crippen molar-refractivity contribution >= 4 is 41.7 Å². The van der Waals surface area contributed by atoms with Gasteiger partial charge < -0.3 is 24.3 Å². The summed E-state index contributed by atoms with van der Waals surface area (Å²) < 4.78 is 12.2. The first-order chi connectivity index (χ1) is 20.8. The molecule has 2 aromatic carbocycles. The van der Waals surface area contributed by atoms with Crippen LogP contribution < -0.4 is 10.4 Å². The molecule has 8 nitrogen and oxygen atoms in total. The Kier molecular flexibility index (Phi) is 8.24. The summed E-state index contributed by atoms with van der Waals surface area (Å²) in [5.74, 6) is -0.291. The van der Waals surface area contributed by atoms with E-state index in [1.165, 1.54) is 16.5 Å². The van der Waals surface area contributed by atoms with E-state index in [1.54, 1.807) is 24.3 Å². The number of aliphatic hydroxyl groups excluding tert-OH is 1. The van der Waals surface area contributed by atoms with Gasteiger partial charge in [-0.25, -0.2) is 0 Å². The number of carbonyl (C=O) groups excluding carboxylic acids is 2. The predicted octanol–water partition coefficient (Wildman–Crippen LogP) is 3.95. The topological polar surface area (TPSA) is 120 Å². The molecule has 3 aliphatic rings. The number of nitrogens with zero attached hydrogens (tertiary/aromatic N) is 1.